The van der Waals surface area contributed by atoms with Crippen molar-refractivity contribution in [3.05, 3.63) is 24.5 Å². The summed E-state index contributed by atoms with van der Waals surface area (Å²) >= 11 is 0. The van der Waals surface area contributed by atoms with E-state index < -0.39 is 0 Å². The summed E-state index contributed by atoms with van der Waals surface area (Å²) < 4.78 is 10.4. The second-order valence-corrected chi connectivity index (χ2v) is 5.45. The standard InChI is InChI=1S/C14H19N3O2/c1-10(2)12-4-3-6-17(12)8-13-15-14(16-19-13)11-5-7-18-9-11/h5,7,9-10,12H,3-4,6,8H2,1-2H3/t12-/m0/s1. The van der Waals surface area contributed by atoms with Gasteiger partial charge < -0.3 is 8.94 Å². The molecule has 0 aromatic carbocycles. The topological polar surface area (TPSA) is 55.3 Å². The molecule has 0 radical (unpaired) electrons. The van der Waals surface area contributed by atoms with Crippen molar-refractivity contribution < 1.29 is 8.94 Å². The van der Waals surface area contributed by atoms with Crippen molar-refractivity contribution in [3.8, 4) is 11.4 Å². The fraction of sp³-hybridized carbons (Fsp3) is 0.571. The van der Waals surface area contributed by atoms with E-state index in [4.69, 9.17) is 8.94 Å². The molecule has 5 heteroatoms. The first kappa shape index (κ1) is 12.4. The number of hydrogen-bond donors (Lipinski definition) is 0. The molecule has 2 aromatic rings. The Morgan fingerprint density at radius 3 is 3.11 bits per heavy atom. The van der Waals surface area contributed by atoms with Crippen LogP contribution in [0.2, 0.25) is 0 Å². The van der Waals surface area contributed by atoms with Gasteiger partial charge in [0.1, 0.15) is 6.26 Å². The van der Waals surface area contributed by atoms with Crippen molar-refractivity contribution in [1.82, 2.24) is 15.0 Å². The van der Waals surface area contributed by atoms with Crippen LogP contribution in [0, 0.1) is 5.92 Å². The van der Waals surface area contributed by atoms with Crippen LogP contribution in [0.3, 0.4) is 0 Å². The van der Waals surface area contributed by atoms with Gasteiger partial charge >= 0.3 is 0 Å². The highest BCUT2D eigenvalue weighted by Crippen LogP contribution is 2.25. The molecule has 1 aliphatic rings. The Labute approximate surface area is 112 Å². The zero-order chi connectivity index (χ0) is 13.2. The Kier molecular flexibility index (Phi) is 3.38. The minimum absolute atomic E-state index is 0.601. The summed E-state index contributed by atoms with van der Waals surface area (Å²) in [7, 11) is 0. The SMILES string of the molecule is CC(C)[C@@H]1CCCN1Cc1nc(-c2ccoc2)no1. The molecular weight excluding hydrogens is 242 g/mol. The summed E-state index contributed by atoms with van der Waals surface area (Å²) in [6, 6.07) is 2.46. The van der Waals surface area contributed by atoms with Gasteiger partial charge in [0.25, 0.3) is 0 Å². The van der Waals surface area contributed by atoms with Crippen LogP contribution in [0.4, 0.5) is 0 Å². The van der Waals surface area contributed by atoms with Crippen molar-refractivity contribution in [1.29, 1.82) is 0 Å². The van der Waals surface area contributed by atoms with Gasteiger partial charge in [-0.15, -0.1) is 0 Å². The van der Waals surface area contributed by atoms with E-state index in [2.05, 4.69) is 28.9 Å². The highest BCUT2D eigenvalue weighted by molar-refractivity contribution is 5.51. The van der Waals surface area contributed by atoms with E-state index in [9.17, 15) is 0 Å². The van der Waals surface area contributed by atoms with Crippen molar-refractivity contribution in [3.63, 3.8) is 0 Å². The van der Waals surface area contributed by atoms with Crippen LogP contribution in [0.5, 0.6) is 0 Å². The van der Waals surface area contributed by atoms with Gasteiger partial charge in [-0.25, -0.2) is 0 Å². The van der Waals surface area contributed by atoms with Crippen molar-refractivity contribution in [2.75, 3.05) is 6.54 Å². The van der Waals surface area contributed by atoms with Gasteiger partial charge in [-0.3, -0.25) is 4.90 Å². The van der Waals surface area contributed by atoms with Crippen LogP contribution in [-0.4, -0.2) is 27.6 Å². The van der Waals surface area contributed by atoms with E-state index in [1.807, 2.05) is 6.07 Å². The molecule has 1 fully saturated rings. The lowest BCUT2D eigenvalue weighted by molar-refractivity contribution is 0.175. The van der Waals surface area contributed by atoms with Gasteiger partial charge in [-0.05, 0) is 31.4 Å². The molecule has 5 nitrogen and oxygen atoms in total. The molecule has 0 amide bonds. The van der Waals surface area contributed by atoms with Gasteiger partial charge in [-0.2, -0.15) is 4.98 Å². The third-order valence-electron chi connectivity index (χ3n) is 3.77. The van der Waals surface area contributed by atoms with Crippen LogP contribution in [0.25, 0.3) is 11.4 Å². The number of nitrogens with zero attached hydrogens (tertiary/aromatic N) is 3. The van der Waals surface area contributed by atoms with E-state index >= 15 is 0 Å². The first-order valence-corrected chi connectivity index (χ1v) is 6.83. The lowest BCUT2D eigenvalue weighted by Gasteiger charge is -2.25. The van der Waals surface area contributed by atoms with E-state index in [-0.39, 0.29) is 0 Å². The Morgan fingerprint density at radius 2 is 2.37 bits per heavy atom. The lowest BCUT2D eigenvalue weighted by atomic mass is 10.0. The fourth-order valence-electron chi connectivity index (χ4n) is 2.80. The molecule has 0 aliphatic carbocycles. The van der Waals surface area contributed by atoms with Crippen molar-refractivity contribution in [2.24, 2.45) is 5.92 Å². The number of aromatic nitrogens is 2. The smallest absolute Gasteiger partial charge is 0.241 e. The van der Waals surface area contributed by atoms with E-state index in [1.54, 1.807) is 12.5 Å². The molecule has 3 heterocycles. The fourth-order valence-corrected chi connectivity index (χ4v) is 2.80. The first-order chi connectivity index (χ1) is 9.24. The van der Waals surface area contributed by atoms with Gasteiger partial charge in [0, 0.05) is 6.04 Å². The normalized spacial score (nSPS) is 20.5. The molecule has 0 saturated carbocycles. The zero-order valence-corrected chi connectivity index (χ0v) is 11.4. The van der Waals surface area contributed by atoms with E-state index in [0.717, 1.165) is 18.7 Å². The van der Waals surface area contributed by atoms with Crippen LogP contribution in [0.1, 0.15) is 32.6 Å². The van der Waals surface area contributed by atoms with Gasteiger partial charge in [0.15, 0.2) is 0 Å². The first-order valence-electron chi connectivity index (χ1n) is 6.83. The summed E-state index contributed by atoms with van der Waals surface area (Å²) in [6.07, 6.45) is 5.76. The molecule has 102 valence electrons. The Hall–Kier alpha value is -1.62. The highest BCUT2D eigenvalue weighted by atomic mass is 16.5. The molecule has 0 spiro atoms. The Bertz CT molecular complexity index is 519. The highest BCUT2D eigenvalue weighted by Gasteiger charge is 2.28. The number of furan rings is 1. The van der Waals surface area contributed by atoms with Gasteiger partial charge in [0.05, 0.1) is 18.4 Å². The lowest BCUT2D eigenvalue weighted by Crippen LogP contribution is -2.32. The number of rotatable bonds is 4. The second kappa shape index (κ2) is 5.17. The van der Waals surface area contributed by atoms with Crippen LogP contribution in [-0.2, 0) is 6.54 Å². The average Bonchev–Trinajstić information content (AvgIpc) is 3.09. The van der Waals surface area contributed by atoms with Crippen LogP contribution >= 0.6 is 0 Å². The number of hydrogen-bond acceptors (Lipinski definition) is 5. The minimum Gasteiger partial charge on any atom is -0.472 e. The summed E-state index contributed by atoms with van der Waals surface area (Å²) in [6.45, 7) is 6.40. The van der Waals surface area contributed by atoms with E-state index in [1.165, 1.54) is 12.8 Å². The summed E-state index contributed by atoms with van der Waals surface area (Å²) in [5.74, 6) is 1.95. The minimum atomic E-state index is 0.601. The largest absolute Gasteiger partial charge is 0.472 e. The molecular formula is C14H19N3O2. The molecule has 0 bridgehead atoms. The van der Waals surface area contributed by atoms with Gasteiger partial charge in [0.2, 0.25) is 11.7 Å². The predicted molar refractivity (Wildman–Crippen MR) is 70.3 cm³/mol. The molecule has 3 rings (SSSR count). The van der Waals surface area contributed by atoms with Gasteiger partial charge in [-0.1, -0.05) is 19.0 Å². The number of likely N-dealkylation sites (tertiary alicyclic amines) is 1. The second-order valence-electron chi connectivity index (χ2n) is 5.45. The summed E-state index contributed by atoms with van der Waals surface area (Å²) in [5.41, 5.74) is 0.858. The third-order valence-corrected chi connectivity index (χ3v) is 3.77. The quantitative estimate of drug-likeness (QED) is 0.847. The summed E-state index contributed by atoms with van der Waals surface area (Å²) in [5, 5.41) is 4.00. The third kappa shape index (κ3) is 2.56. The average molecular weight is 261 g/mol. The van der Waals surface area contributed by atoms with Crippen molar-refractivity contribution >= 4 is 0 Å². The molecule has 0 unspecified atom stereocenters. The molecule has 2 aromatic heterocycles. The van der Waals surface area contributed by atoms with Crippen LogP contribution in [0.15, 0.2) is 27.5 Å². The van der Waals surface area contributed by atoms with E-state index in [0.29, 0.717) is 23.7 Å². The Balaban J connectivity index is 1.70. The predicted octanol–water partition coefficient (Wildman–Crippen LogP) is 2.95. The maximum Gasteiger partial charge on any atom is 0.241 e. The molecule has 1 saturated heterocycles. The molecule has 0 N–H and O–H groups in total. The van der Waals surface area contributed by atoms with Crippen molar-refractivity contribution in [2.45, 2.75) is 39.3 Å². The summed E-state index contributed by atoms with van der Waals surface area (Å²) in [4.78, 5) is 6.87. The monoisotopic (exact) mass is 261 g/mol. The Morgan fingerprint density at radius 1 is 1.47 bits per heavy atom. The van der Waals surface area contributed by atoms with Crippen LogP contribution < -0.4 is 0 Å². The maximum atomic E-state index is 5.33. The molecule has 1 aliphatic heterocycles. The molecule has 19 heavy (non-hydrogen) atoms. The molecule has 1 atom stereocenters. The maximum absolute atomic E-state index is 5.33. The zero-order valence-electron chi connectivity index (χ0n) is 11.4.